The lowest BCUT2D eigenvalue weighted by Gasteiger charge is -2.05. The summed E-state index contributed by atoms with van der Waals surface area (Å²) in [5.41, 5.74) is 9.34. The highest BCUT2D eigenvalue weighted by Gasteiger charge is 2.17. The SMILES string of the molecule is Cc1ccc(Cn2nc(OCc3ccccc3Cl)c(C#N)c2N)cc1. The van der Waals surface area contributed by atoms with E-state index in [0.717, 1.165) is 11.1 Å². The van der Waals surface area contributed by atoms with Gasteiger partial charge in [0.2, 0.25) is 0 Å². The van der Waals surface area contributed by atoms with Gasteiger partial charge < -0.3 is 10.5 Å². The van der Waals surface area contributed by atoms with Crippen LogP contribution >= 0.6 is 11.6 Å². The number of benzene rings is 2. The Balaban J connectivity index is 1.81. The van der Waals surface area contributed by atoms with E-state index in [1.807, 2.05) is 49.4 Å². The number of nitriles is 1. The Morgan fingerprint density at radius 2 is 1.92 bits per heavy atom. The molecular weight excluding hydrogens is 336 g/mol. The summed E-state index contributed by atoms with van der Waals surface area (Å²) >= 11 is 6.13. The van der Waals surface area contributed by atoms with Crippen LogP contribution in [-0.4, -0.2) is 9.78 Å². The first-order valence-electron chi connectivity index (χ1n) is 7.76. The Labute approximate surface area is 151 Å². The number of rotatable bonds is 5. The average molecular weight is 353 g/mol. The normalized spacial score (nSPS) is 10.4. The summed E-state index contributed by atoms with van der Waals surface area (Å²) in [4.78, 5) is 0. The van der Waals surface area contributed by atoms with E-state index in [1.165, 1.54) is 5.56 Å². The van der Waals surface area contributed by atoms with E-state index in [9.17, 15) is 5.26 Å². The fourth-order valence-corrected chi connectivity index (χ4v) is 2.60. The second kappa shape index (κ2) is 7.29. The fraction of sp³-hybridized carbons (Fsp3) is 0.158. The number of ether oxygens (including phenoxy) is 1. The van der Waals surface area contributed by atoms with Gasteiger partial charge in [0.15, 0.2) is 5.56 Å². The highest BCUT2D eigenvalue weighted by atomic mass is 35.5. The molecule has 0 aliphatic carbocycles. The smallest absolute Gasteiger partial charge is 0.253 e. The van der Waals surface area contributed by atoms with Crippen molar-refractivity contribution in [2.24, 2.45) is 0 Å². The molecule has 2 aromatic carbocycles. The predicted molar refractivity (Wildman–Crippen MR) is 97.4 cm³/mol. The van der Waals surface area contributed by atoms with Crippen LogP contribution in [0, 0.1) is 18.3 Å². The molecule has 0 aliphatic rings. The molecule has 0 atom stereocenters. The monoisotopic (exact) mass is 352 g/mol. The number of nitrogens with two attached hydrogens (primary N) is 1. The van der Waals surface area contributed by atoms with Crippen molar-refractivity contribution in [1.29, 1.82) is 5.26 Å². The fourth-order valence-electron chi connectivity index (χ4n) is 2.41. The molecule has 5 nitrogen and oxygen atoms in total. The van der Waals surface area contributed by atoms with Gasteiger partial charge in [-0.25, -0.2) is 4.68 Å². The summed E-state index contributed by atoms with van der Waals surface area (Å²) < 4.78 is 7.27. The van der Waals surface area contributed by atoms with Crippen LogP contribution in [0.1, 0.15) is 22.3 Å². The lowest BCUT2D eigenvalue weighted by molar-refractivity contribution is 0.289. The predicted octanol–water partition coefficient (Wildman–Crippen LogP) is 3.93. The molecule has 0 saturated carbocycles. The van der Waals surface area contributed by atoms with Gasteiger partial charge in [-0.1, -0.05) is 59.6 Å². The standard InChI is InChI=1S/C19H17ClN4O/c1-13-6-8-14(9-7-13)11-24-18(22)16(10-21)19(23-24)25-12-15-4-2-3-5-17(15)20/h2-9H,11-12,22H2,1H3. The maximum absolute atomic E-state index is 9.38. The van der Waals surface area contributed by atoms with Gasteiger partial charge in [0.05, 0.1) is 6.54 Å². The molecule has 3 aromatic rings. The molecule has 0 bridgehead atoms. The molecule has 1 heterocycles. The van der Waals surface area contributed by atoms with E-state index < -0.39 is 0 Å². The molecule has 0 amide bonds. The maximum atomic E-state index is 9.38. The van der Waals surface area contributed by atoms with Crippen molar-refractivity contribution in [3.63, 3.8) is 0 Å². The van der Waals surface area contributed by atoms with Gasteiger partial charge in [-0.3, -0.25) is 0 Å². The second-order valence-electron chi connectivity index (χ2n) is 5.70. The van der Waals surface area contributed by atoms with Gasteiger partial charge >= 0.3 is 0 Å². The summed E-state index contributed by atoms with van der Waals surface area (Å²) in [6, 6.07) is 17.5. The Bertz CT molecular complexity index is 926. The first kappa shape index (κ1) is 16.9. The quantitative estimate of drug-likeness (QED) is 0.754. The molecule has 3 rings (SSSR count). The highest BCUT2D eigenvalue weighted by Crippen LogP contribution is 2.25. The molecule has 0 spiro atoms. The molecule has 0 fully saturated rings. The largest absolute Gasteiger partial charge is 0.471 e. The van der Waals surface area contributed by atoms with Crippen molar-refractivity contribution in [2.75, 3.05) is 5.73 Å². The van der Waals surface area contributed by atoms with Crippen LogP contribution in [0.25, 0.3) is 0 Å². The van der Waals surface area contributed by atoms with Crippen LogP contribution < -0.4 is 10.5 Å². The van der Waals surface area contributed by atoms with Gasteiger partial charge in [-0.2, -0.15) is 5.26 Å². The summed E-state index contributed by atoms with van der Waals surface area (Å²) in [6.45, 7) is 2.71. The van der Waals surface area contributed by atoms with Crippen molar-refractivity contribution < 1.29 is 4.74 Å². The van der Waals surface area contributed by atoms with Gasteiger partial charge in [0.25, 0.3) is 5.88 Å². The lowest BCUT2D eigenvalue weighted by atomic mass is 10.1. The molecular formula is C19H17ClN4O. The maximum Gasteiger partial charge on any atom is 0.253 e. The van der Waals surface area contributed by atoms with Crippen molar-refractivity contribution in [3.8, 4) is 11.9 Å². The molecule has 0 aliphatic heterocycles. The minimum absolute atomic E-state index is 0.215. The van der Waals surface area contributed by atoms with E-state index in [-0.39, 0.29) is 23.9 Å². The first-order valence-corrected chi connectivity index (χ1v) is 8.14. The zero-order valence-electron chi connectivity index (χ0n) is 13.7. The topological polar surface area (TPSA) is 76.9 Å². The van der Waals surface area contributed by atoms with Crippen molar-refractivity contribution in [3.05, 3.63) is 75.8 Å². The van der Waals surface area contributed by atoms with E-state index in [2.05, 4.69) is 11.2 Å². The Kier molecular flexibility index (Phi) is 4.92. The van der Waals surface area contributed by atoms with Gasteiger partial charge in [0.1, 0.15) is 18.5 Å². The van der Waals surface area contributed by atoms with Crippen LogP contribution in [0.5, 0.6) is 5.88 Å². The summed E-state index contributed by atoms with van der Waals surface area (Å²) in [5, 5.41) is 14.3. The molecule has 2 N–H and O–H groups in total. The highest BCUT2D eigenvalue weighted by molar-refractivity contribution is 6.31. The second-order valence-corrected chi connectivity index (χ2v) is 6.11. The van der Waals surface area contributed by atoms with Crippen molar-refractivity contribution in [2.45, 2.75) is 20.1 Å². The van der Waals surface area contributed by atoms with Crippen LogP contribution in [0.2, 0.25) is 5.02 Å². The van der Waals surface area contributed by atoms with E-state index in [1.54, 1.807) is 10.7 Å². The number of aromatic nitrogens is 2. The van der Waals surface area contributed by atoms with Gasteiger partial charge in [-0.15, -0.1) is 5.10 Å². The van der Waals surface area contributed by atoms with Crippen molar-refractivity contribution >= 4 is 17.4 Å². The summed E-state index contributed by atoms with van der Waals surface area (Å²) in [5.74, 6) is 0.504. The number of nitrogens with zero attached hydrogens (tertiary/aromatic N) is 3. The van der Waals surface area contributed by atoms with Crippen molar-refractivity contribution in [1.82, 2.24) is 9.78 Å². The third-order valence-electron chi connectivity index (χ3n) is 3.85. The number of hydrogen-bond donors (Lipinski definition) is 1. The molecule has 0 radical (unpaired) electrons. The average Bonchev–Trinajstić information content (AvgIpc) is 2.91. The van der Waals surface area contributed by atoms with E-state index in [0.29, 0.717) is 11.6 Å². The van der Waals surface area contributed by atoms with E-state index >= 15 is 0 Å². The summed E-state index contributed by atoms with van der Waals surface area (Å²) in [7, 11) is 0. The van der Waals surface area contributed by atoms with Crippen LogP contribution in [0.4, 0.5) is 5.82 Å². The summed E-state index contributed by atoms with van der Waals surface area (Å²) in [6.07, 6.45) is 0. The number of aryl methyl sites for hydroxylation is 1. The third-order valence-corrected chi connectivity index (χ3v) is 4.22. The molecule has 0 saturated heterocycles. The minimum Gasteiger partial charge on any atom is -0.471 e. The minimum atomic E-state index is 0.215. The number of hydrogen-bond acceptors (Lipinski definition) is 4. The van der Waals surface area contributed by atoms with Crippen LogP contribution in [-0.2, 0) is 13.2 Å². The Morgan fingerprint density at radius 1 is 1.20 bits per heavy atom. The van der Waals surface area contributed by atoms with Crippen LogP contribution in [0.15, 0.2) is 48.5 Å². The number of nitrogen functional groups attached to an aromatic ring is 1. The Morgan fingerprint density at radius 3 is 2.60 bits per heavy atom. The van der Waals surface area contributed by atoms with Gasteiger partial charge in [0, 0.05) is 10.6 Å². The number of halogens is 1. The third kappa shape index (κ3) is 3.76. The van der Waals surface area contributed by atoms with Crippen LogP contribution in [0.3, 0.4) is 0 Å². The molecule has 126 valence electrons. The number of anilines is 1. The zero-order valence-corrected chi connectivity index (χ0v) is 14.5. The molecule has 25 heavy (non-hydrogen) atoms. The zero-order chi connectivity index (χ0) is 17.8. The van der Waals surface area contributed by atoms with Gasteiger partial charge in [-0.05, 0) is 18.6 Å². The molecule has 0 unspecified atom stereocenters. The molecule has 1 aromatic heterocycles. The Hall–Kier alpha value is -2.97. The van der Waals surface area contributed by atoms with E-state index in [4.69, 9.17) is 22.1 Å². The molecule has 6 heteroatoms. The lowest BCUT2D eigenvalue weighted by Crippen LogP contribution is -2.06. The first-order chi connectivity index (χ1) is 12.1.